The molecule has 0 amide bonds. The van der Waals surface area contributed by atoms with Gasteiger partial charge in [0.1, 0.15) is 12.4 Å². The second kappa shape index (κ2) is 21.4. The molecule has 0 atom stereocenters. The molecule has 4 rings (SSSR count). The Labute approximate surface area is 254 Å². The van der Waals surface area contributed by atoms with Gasteiger partial charge in [-0.1, -0.05) is 93.2 Å². The Kier molecular flexibility index (Phi) is 18.7. The van der Waals surface area contributed by atoms with Crippen molar-refractivity contribution in [3.05, 3.63) is 87.7 Å². The SMILES string of the molecule is CC.CCCCC.COc1cc(F)c(/C=C/Br)cc1OC.COc1cc2c(cc1OCc1ccccc1)CCN=C2. The van der Waals surface area contributed by atoms with E-state index in [2.05, 4.69) is 53.0 Å². The van der Waals surface area contributed by atoms with Crippen molar-refractivity contribution in [1.82, 2.24) is 0 Å². The molecular formula is C34H45BrFNO4. The van der Waals surface area contributed by atoms with Gasteiger partial charge < -0.3 is 18.9 Å². The summed E-state index contributed by atoms with van der Waals surface area (Å²) in [7, 11) is 4.64. The van der Waals surface area contributed by atoms with Crippen LogP contribution in [0.15, 0.2) is 64.6 Å². The Hall–Kier alpha value is -3.32. The molecule has 0 aliphatic carbocycles. The zero-order valence-electron chi connectivity index (χ0n) is 25.5. The third-order valence-corrected chi connectivity index (χ3v) is 6.12. The molecule has 1 aliphatic heterocycles. The summed E-state index contributed by atoms with van der Waals surface area (Å²) in [6.45, 7) is 9.81. The van der Waals surface area contributed by atoms with Crippen LogP contribution in [0.2, 0.25) is 0 Å². The van der Waals surface area contributed by atoms with Crippen LogP contribution in [0.4, 0.5) is 4.39 Å². The van der Waals surface area contributed by atoms with E-state index in [0.29, 0.717) is 23.7 Å². The molecule has 0 unspecified atom stereocenters. The van der Waals surface area contributed by atoms with Crippen molar-refractivity contribution >= 4 is 28.2 Å². The van der Waals surface area contributed by atoms with Gasteiger partial charge in [-0.25, -0.2) is 4.39 Å². The van der Waals surface area contributed by atoms with Crippen molar-refractivity contribution in [2.75, 3.05) is 27.9 Å². The highest BCUT2D eigenvalue weighted by Crippen LogP contribution is 2.32. The Morgan fingerprint density at radius 1 is 0.854 bits per heavy atom. The van der Waals surface area contributed by atoms with Crippen LogP contribution in [-0.4, -0.2) is 34.1 Å². The van der Waals surface area contributed by atoms with E-state index in [1.807, 2.05) is 44.3 Å². The number of unbranched alkanes of at least 4 members (excludes halogenated alkanes) is 2. The maximum Gasteiger partial charge on any atom is 0.163 e. The Morgan fingerprint density at radius 3 is 2.02 bits per heavy atom. The lowest BCUT2D eigenvalue weighted by atomic mass is 10.0. The molecule has 0 N–H and O–H groups in total. The molecule has 0 radical (unpaired) electrons. The van der Waals surface area contributed by atoms with Gasteiger partial charge in [0, 0.05) is 24.4 Å². The monoisotopic (exact) mass is 629 g/mol. The maximum atomic E-state index is 13.3. The largest absolute Gasteiger partial charge is 0.493 e. The minimum Gasteiger partial charge on any atom is -0.493 e. The first-order valence-electron chi connectivity index (χ1n) is 14.1. The summed E-state index contributed by atoms with van der Waals surface area (Å²) < 4.78 is 34.6. The van der Waals surface area contributed by atoms with Crippen molar-refractivity contribution in [1.29, 1.82) is 0 Å². The van der Waals surface area contributed by atoms with Crippen LogP contribution < -0.4 is 18.9 Å². The van der Waals surface area contributed by atoms with Gasteiger partial charge in [0.2, 0.25) is 0 Å². The van der Waals surface area contributed by atoms with Gasteiger partial charge in [0.25, 0.3) is 0 Å². The molecule has 0 fully saturated rings. The van der Waals surface area contributed by atoms with Gasteiger partial charge in [-0.05, 0) is 52.4 Å². The highest BCUT2D eigenvalue weighted by atomic mass is 79.9. The number of methoxy groups -OCH3 is 3. The van der Waals surface area contributed by atoms with Crippen LogP contribution in [0.1, 0.15) is 69.2 Å². The van der Waals surface area contributed by atoms with Gasteiger partial charge in [-0.3, -0.25) is 4.99 Å². The summed E-state index contributed by atoms with van der Waals surface area (Å²) in [5.41, 5.74) is 3.98. The number of benzene rings is 3. The van der Waals surface area contributed by atoms with Crippen molar-refractivity contribution in [3.8, 4) is 23.0 Å². The summed E-state index contributed by atoms with van der Waals surface area (Å²) in [6.07, 6.45) is 8.53. The van der Waals surface area contributed by atoms with E-state index in [9.17, 15) is 4.39 Å². The predicted molar refractivity (Wildman–Crippen MR) is 174 cm³/mol. The Bertz CT molecular complexity index is 1200. The van der Waals surface area contributed by atoms with Crippen LogP contribution in [0.3, 0.4) is 0 Å². The molecule has 5 nitrogen and oxygen atoms in total. The van der Waals surface area contributed by atoms with Gasteiger partial charge in [0.05, 0.1) is 21.3 Å². The topological polar surface area (TPSA) is 49.3 Å². The molecule has 7 heteroatoms. The zero-order chi connectivity index (χ0) is 30.5. The fraction of sp³-hybridized carbons (Fsp3) is 0.382. The Balaban J connectivity index is 0.000000349. The minimum absolute atomic E-state index is 0.349. The van der Waals surface area contributed by atoms with E-state index in [1.54, 1.807) is 24.2 Å². The molecule has 0 saturated carbocycles. The predicted octanol–water partition coefficient (Wildman–Crippen LogP) is 9.68. The van der Waals surface area contributed by atoms with Crippen LogP contribution in [0, 0.1) is 5.82 Å². The molecule has 1 heterocycles. The smallest absolute Gasteiger partial charge is 0.163 e. The van der Waals surface area contributed by atoms with Gasteiger partial charge in [-0.15, -0.1) is 0 Å². The van der Waals surface area contributed by atoms with E-state index < -0.39 is 0 Å². The summed E-state index contributed by atoms with van der Waals surface area (Å²) in [5.74, 6) is 2.10. The fourth-order valence-electron chi connectivity index (χ4n) is 3.73. The van der Waals surface area contributed by atoms with E-state index in [4.69, 9.17) is 18.9 Å². The first-order chi connectivity index (χ1) is 20.0. The summed E-state index contributed by atoms with van der Waals surface area (Å²) in [5, 5.41) is 0. The normalized spacial score (nSPS) is 11.0. The molecule has 224 valence electrons. The zero-order valence-corrected chi connectivity index (χ0v) is 27.1. The molecule has 0 spiro atoms. The number of aliphatic imine (C=N–C) groups is 1. The second-order valence-corrected chi connectivity index (χ2v) is 9.17. The number of hydrogen-bond acceptors (Lipinski definition) is 5. The molecule has 3 aromatic rings. The summed E-state index contributed by atoms with van der Waals surface area (Å²) in [6, 6.07) is 17.1. The van der Waals surface area contributed by atoms with Crippen molar-refractivity contribution in [2.24, 2.45) is 4.99 Å². The van der Waals surface area contributed by atoms with Crippen molar-refractivity contribution in [2.45, 2.75) is 60.0 Å². The highest BCUT2D eigenvalue weighted by Gasteiger charge is 2.13. The van der Waals surface area contributed by atoms with Gasteiger partial charge in [0.15, 0.2) is 23.0 Å². The number of hydrogen-bond donors (Lipinski definition) is 0. The van der Waals surface area contributed by atoms with Gasteiger partial charge in [-0.2, -0.15) is 0 Å². The average Bonchev–Trinajstić information content (AvgIpc) is 3.03. The van der Waals surface area contributed by atoms with Crippen LogP contribution >= 0.6 is 15.9 Å². The fourth-order valence-corrected chi connectivity index (χ4v) is 4.01. The lowest BCUT2D eigenvalue weighted by Crippen LogP contribution is -2.05. The van der Waals surface area contributed by atoms with Gasteiger partial charge >= 0.3 is 0 Å². The Morgan fingerprint density at radius 2 is 1.46 bits per heavy atom. The van der Waals surface area contributed by atoms with Crippen molar-refractivity contribution < 1.29 is 23.3 Å². The van der Waals surface area contributed by atoms with E-state index >= 15 is 0 Å². The second-order valence-electron chi connectivity index (χ2n) is 8.64. The lowest BCUT2D eigenvalue weighted by molar-refractivity contribution is 0.284. The third-order valence-electron chi connectivity index (χ3n) is 5.86. The maximum absolute atomic E-state index is 13.3. The molecule has 0 bridgehead atoms. The third kappa shape index (κ3) is 12.4. The number of halogens is 2. The highest BCUT2D eigenvalue weighted by molar-refractivity contribution is 9.11. The quantitative estimate of drug-likeness (QED) is 0.236. The summed E-state index contributed by atoms with van der Waals surface area (Å²) >= 11 is 3.08. The first-order valence-corrected chi connectivity index (χ1v) is 15.0. The van der Waals surface area contributed by atoms with E-state index in [0.717, 1.165) is 35.6 Å². The number of ether oxygens (including phenoxy) is 4. The molecule has 0 saturated heterocycles. The number of rotatable bonds is 9. The van der Waals surface area contributed by atoms with Crippen LogP contribution in [0.25, 0.3) is 6.08 Å². The first kappa shape index (κ1) is 35.7. The molecule has 1 aliphatic rings. The number of nitrogens with zero attached hydrogens (tertiary/aromatic N) is 1. The van der Waals surface area contributed by atoms with E-state index in [1.165, 1.54) is 45.1 Å². The summed E-state index contributed by atoms with van der Waals surface area (Å²) in [4.78, 5) is 5.88. The standard InChI is InChI=1S/C17H17NO2.C10H10BrFO2.C5H12.C2H6/c1-19-16-10-15-11-18-8-7-14(15)9-17(16)20-12-13-5-3-2-4-6-13;1-13-9-5-7(3-4-11)8(12)6-10(9)14-2;1-3-5-4-2;1-2/h2-6,9-11H,7-8,12H2,1H3;3-6H,1-2H3;3-5H2,1-2H3;1-2H3/b;4-3+;;. The van der Waals surface area contributed by atoms with Crippen LogP contribution in [-0.2, 0) is 13.0 Å². The van der Waals surface area contributed by atoms with Crippen molar-refractivity contribution in [3.63, 3.8) is 0 Å². The molecule has 41 heavy (non-hydrogen) atoms. The molecular weight excluding hydrogens is 585 g/mol. The number of fused-ring (bicyclic) bond motifs is 1. The van der Waals surface area contributed by atoms with Crippen LogP contribution in [0.5, 0.6) is 23.0 Å². The molecule has 0 aromatic heterocycles. The lowest BCUT2D eigenvalue weighted by Gasteiger charge is -2.16. The minimum atomic E-state index is -0.349. The average molecular weight is 631 g/mol. The van der Waals surface area contributed by atoms with E-state index in [-0.39, 0.29) is 5.82 Å². The molecule has 3 aromatic carbocycles.